The minimum absolute atomic E-state index is 0.385. The highest BCUT2D eigenvalue weighted by molar-refractivity contribution is 5.92. The highest BCUT2D eigenvalue weighted by Crippen LogP contribution is 2.28. The van der Waals surface area contributed by atoms with E-state index in [1.54, 1.807) is 0 Å². The molecular formula is C23H26N6. The summed E-state index contributed by atoms with van der Waals surface area (Å²) in [6, 6.07) is 17.4. The van der Waals surface area contributed by atoms with Gasteiger partial charge in [-0.2, -0.15) is 0 Å². The molecule has 148 valence electrons. The Balaban J connectivity index is 1.55. The van der Waals surface area contributed by atoms with Crippen LogP contribution in [-0.4, -0.2) is 45.3 Å². The van der Waals surface area contributed by atoms with Gasteiger partial charge >= 0.3 is 0 Å². The van der Waals surface area contributed by atoms with Crippen molar-refractivity contribution < 1.29 is 0 Å². The van der Waals surface area contributed by atoms with Crippen molar-refractivity contribution in [2.75, 3.05) is 29.4 Å². The van der Waals surface area contributed by atoms with E-state index >= 15 is 0 Å². The first-order chi connectivity index (χ1) is 14.2. The Hall–Kier alpha value is -3.15. The molecule has 0 saturated carbocycles. The first kappa shape index (κ1) is 17.9. The van der Waals surface area contributed by atoms with E-state index in [4.69, 9.17) is 4.98 Å². The van der Waals surface area contributed by atoms with Crippen molar-refractivity contribution in [3.05, 3.63) is 59.9 Å². The Bertz CT molecular complexity index is 1180. The van der Waals surface area contributed by atoms with E-state index in [0.717, 1.165) is 54.4 Å². The van der Waals surface area contributed by atoms with Crippen LogP contribution < -0.4 is 9.80 Å². The number of benzene rings is 2. The van der Waals surface area contributed by atoms with Gasteiger partial charge in [0.05, 0.1) is 5.52 Å². The molecule has 0 radical (unpaired) electrons. The first-order valence-corrected chi connectivity index (χ1v) is 10.4. The van der Waals surface area contributed by atoms with E-state index in [0.29, 0.717) is 6.04 Å². The predicted octanol–water partition coefficient (Wildman–Crippen LogP) is 3.86. The summed E-state index contributed by atoms with van der Waals surface area (Å²) >= 11 is 0. The lowest BCUT2D eigenvalue weighted by Crippen LogP contribution is -2.53. The molecule has 0 unspecified atom stereocenters. The smallest absolute Gasteiger partial charge is 0.213 e. The molecule has 1 saturated heterocycles. The quantitative estimate of drug-likeness (QED) is 0.535. The molecule has 0 N–H and O–H groups in total. The minimum atomic E-state index is 0.385. The Morgan fingerprint density at radius 2 is 1.90 bits per heavy atom. The van der Waals surface area contributed by atoms with Crippen molar-refractivity contribution in [2.45, 2.75) is 33.2 Å². The second-order valence-corrected chi connectivity index (χ2v) is 7.89. The Kier molecular flexibility index (Phi) is 4.34. The number of nitrogens with zero attached hydrogens (tertiary/aromatic N) is 6. The van der Waals surface area contributed by atoms with Crippen LogP contribution in [0.1, 0.15) is 25.2 Å². The summed E-state index contributed by atoms with van der Waals surface area (Å²) in [5.74, 6) is 1.92. The molecule has 2 aromatic carbocycles. The molecule has 0 amide bonds. The van der Waals surface area contributed by atoms with Crippen molar-refractivity contribution in [1.82, 2.24) is 19.6 Å². The van der Waals surface area contributed by atoms with Crippen LogP contribution in [0.5, 0.6) is 0 Å². The highest BCUT2D eigenvalue weighted by atomic mass is 15.4. The van der Waals surface area contributed by atoms with Crippen molar-refractivity contribution in [3.8, 4) is 0 Å². The Morgan fingerprint density at radius 3 is 2.69 bits per heavy atom. The van der Waals surface area contributed by atoms with Gasteiger partial charge in [0.2, 0.25) is 5.95 Å². The number of piperazine rings is 1. The molecule has 2 aromatic heterocycles. The van der Waals surface area contributed by atoms with Crippen LogP contribution >= 0.6 is 0 Å². The maximum absolute atomic E-state index is 5.04. The molecule has 6 nitrogen and oxygen atoms in total. The van der Waals surface area contributed by atoms with E-state index in [1.807, 2.05) is 12.1 Å². The fourth-order valence-electron chi connectivity index (χ4n) is 4.39. The van der Waals surface area contributed by atoms with Gasteiger partial charge in [-0.05, 0) is 43.7 Å². The van der Waals surface area contributed by atoms with E-state index in [1.165, 1.54) is 11.3 Å². The van der Waals surface area contributed by atoms with Gasteiger partial charge in [0.15, 0.2) is 5.65 Å². The average Bonchev–Trinajstić information content (AvgIpc) is 3.17. The van der Waals surface area contributed by atoms with Crippen LogP contribution in [0.15, 0.2) is 48.5 Å². The molecule has 0 aliphatic carbocycles. The minimum Gasteiger partial charge on any atom is -0.365 e. The Labute approximate surface area is 170 Å². The summed E-state index contributed by atoms with van der Waals surface area (Å²) in [7, 11) is 0. The van der Waals surface area contributed by atoms with Crippen molar-refractivity contribution in [2.24, 2.45) is 0 Å². The lowest BCUT2D eigenvalue weighted by molar-refractivity contribution is 0.541. The van der Waals surface area contributed by atoms with Gasteiger partial charge in [-0.25, -0.2) is 9.38 Å². The summed E-state index contributed by atoms with van der Waals surface area (Å²) in [6.45, 7) is 9.35. The van der Waals surface area contributed by atoms with Gasteiger partial charge in [0.25, 0.3) is 0 Å². The molecule has 1 atom stereocenters. The van der Waals surface area contributed by atoms with E-state index in [9.17, 15) is 0 Å². The van der Waals surface area contributed by atoms with E-state index < -0.39 is 0 Å². The average molecular weight is 387 g/mol. The zero-order valence-electron chi connectivity index (χ0n) is 17.2. The molecule has 1 aliphatic rings. The first-order valence-electron chi connectivity index (χ1n) is 10.4. The monoisotopic (exact) mass is 386 g/mol. The normalized spacial score (nSPS) is 17.4. The molecular weight excluding hydrogens is 360 g/mol. The van der Waals surface area contributed by atoms with Crippen LogP contribution in [0, 0.1) is 6.92 Å². The molecule has 5 rings (SSSR count). The van der Waals surface area contributed by atoms with Gasteiger partial charge in [0.1, 0.15) is 5.82 Å². The van der Waals surface area contributed by atoms with E-state index in [2.05, 4.69) is 81.6 Å². The second kappa shape index (κ2) is 7.03. The largest absolute Gasteiger partial charge is 0.365 e. The summed E-state index contributed by atoms with van der Waals surface area (Å²) < 4.78 is 2.15. The van der Waals surface area contributed by atoms with Gasteiger partial charge in [0, 0.05) is 43.2 Å². The van der Waals surface area contributed by atoms with Crippen LogP contribution in [0.3, 0.4) is 0 Å². The third kappa shape index (κ3) is 2.99. The van der Waals surface area contributed by atoms with Crippen molar-refractivity contribution in [3.63, 3.8) is 0 Å². The van der Waals surface area contributed by atoms with Crippen molar-refractivity contribution >= 4 is 28.2 Å². The van der Waals surface area contributed by atoms with Crippen LogP contribution in [-0.2, 0) is 6.42 Å². The number of rotatable bonds is 3. The topological polar surface area (TPSA) is 49.6 Å². The van der Waals surface area contributed by atoms with Crippen LogP contribution in [0.2, 0.25) is 0 Å². The van der Waals surface area contributed by atoms with E-state index in [-0.39, 0.29) is 0 Å². The lowest BCUT2D eigenvalue weighted by atomic mass is 10.1. The second-order valence-electron chi connectivity index (χ2n) is 7.89. The standard InChI is InChI=1S/C23H26N6/c1-4-21-25-26-22-19-10-5-6-11-20(19)24-23(29(21)22)27-12-13-28(17(3)15-27)18-9-7-8-16(2)14-18/h5-11,14,17H,4,12-13,15H2,1-3H3/t17-/m0/s1. The Morgan fingerprint density at radius 1 is 1.03 bits per heavy atom. The summed E-state index contributed by atoms with van der Waals surface area (Å²) in [4.78, 5) is 9.93. The van der Waals surface area contributed by atoms with Crippen molar-refractivity contribution in [1.29, 1.82) is 0 Å². The number of hydrogen-bond acceptors (Lipinski definition) is 5. The maximum Gasteiger partial charge on any atom is 0.213 e. The zero-order valence-corrected chi connectivity index (χ0v) is 17.2. The third-order valence-corrected chi connectivity index (χ3v) is 5.86. The predicted molar refractivity (Wildman–Crippen MR) is 118 cm³/mol. The zero-order chi connectivity index (χ0) is 20.0. The van der Waals surface area contributed by atoms with Gasteiger partial charge in [-0.3, -0.25) is 0 Å². The highest BCUT2D eigenvalue weighted by Gasteiger charge is 2.27. The molecule has 1 aliphatic heterocycles. The number of anilines is 2. The summed E-state index contributed by atoms with van der Waals surface area (Å²) in [5.41, 5.74) is 4.47. The number of para-hydroxylation sites is 1. The number of aryl methyl sites for hydroxylation is 2. The maximum atomic E-state index is 5.04. The molecule has 6 heteroatoms. The lowest BCUT2D eigenvalue weighted by Gasteiger charge is -2.42. The van der Waals surface area contributed by atoms with Gasteiger partial charge in [-0.15, -0.1) is 10.2 Å². The summed E-state index contributed by atoms with van der Waals surface area (Å²) in [6.07, 6.45) is 0.826. The fraction of sp³-hybridized carbons (Fsp3) is 0.348. The molecule has 1 fully saturated rings. The number of hydrogen-bond donors (Lipinski definition) is 0. The third-order valence-electron chi connectivity index (χ3n) is 5.86. The molecule has 29 heavy (non-hydrogen) atoms. The van der Waals surface area contributed by atoms with Gasteiger partial charge < -0.3 is 9.80 Å². The SMILES string of the molecule is CCc1nnc2c3ccccc3nc(N3CCN(c4cccc(C)c4)[C@@H](C)C3)n12. The molecule has 0 bridgehead atoms. The van der Waals surface area contributed by atoms with Crippen LogP contribution in [0.4, 0.5) is 11.6 Å². The summed E-state index contributed by atoms with van der Waals surface area (Å²) in [5, 5.41) is 10.00. The number of fused-ring (bicyclic) bond motifs is 3. The van der Waals surface area contributed by atoms with Crippen LogP contribution in [0.25, 0.3) is 16.6 Å². The van der Waals surface area contributed by atoms with Gasteiger partial charge in [-0.1, -0.05) is 31.2 Å². The number of aromatic nitrogens is 4. The molecule has 4 aromatic rings. The fourth-order valence-corrected chi connectivity index (χ4v) is 4.39. The molecule has 0 spiro atoms. The molecule has 3 heterocycles.